The Bertz CT molecular complexity index is 556. The van der Waals surface area contributed by atoms with Gasteiger partial charge in [-0.05, 0) is 80.6 Å². The number of ether oxygens (including phenoxy) is 1. The molecule has 1 aromatic carbocycles. The number of carbonyl (C=O) groups excluding carboxylic acids is 1. The van der Waals surface area contributed by atoms with E-state index in [0.29, 0.717) is 6.54 Å². The molecule has 0 fully saturated rings. The highest BCUT2D eigenvalue weighted by atomic mass is 79.9. The number of unbranched alkanes of at least 4 members (excludes halogenated alkanes) is 1. The van der Waals surface area contributed by atoms with Crippen molar-refractivity contribution < 1.29 is 9.53 Å². The molecule has 0 aliphatic rings. The second kappa shape index (κ2) is 9.23. The number of benzene rings is 1. The topological polar surface area (TPSA) is 50.4 Å². The molecule has 2 N–H and O–H groups in total. The molecular weight excluding hydrogens is 376 g/mol. The second-order valence-corrected chi connectivity index (χ2v) is 7.76. The molecule has 4 nitrogen and oxygen atoms in total. The predicted octanol–water partition coefficient (Wildman–Crippen LogP) is 5.19. The maximum atomic E-state index is 11.5. The molecule has 0 radical (unpaired) electrons. The molecule has 1 aromatic rings. The Kier molecular flexibility index (Phi) is 7.99. The number of rotatable bonds is 6. The van der Waals surface area contributed by atoms with Crippen LogP contribution in [0.5, 0.6) is 0 Å². The normalized spacial score (nSPS) is 11.0. The van der Waals surface area contributed by atoms with Crippen LogP contribution in [0.4, 0.5) is 10.5 Å². The maximum absolute atomic E-state index is 11.5. The van der Waals surface area contributed by atoms with Crippen molar-refractivity contribution in [2.45, 2.75) is 52.6 Å². The van der Waals surface area contributed by atoms with Crippen molar-refractivity contribution in [1.82, 2.24) is 5.32 Å². The largest absolute Gasteiger partial charge is 0.444 e. The van der Waals surface area contributed by atoms with Crippen LogP contribution in [0, 0.1) is 6.92 Å². The number of carbonyl (C=O) groups is 1. The summed E-state index contributed by atoms with van der Waals surface area (Å²) in [6, 6.07) is 6.10. The van der Waals surface area contributed by atoms with Gasteiger partial charge in [0.25, 0.3) is 0 Å². The quantitative estimate of drug-likeness (QED) is 0.509. The van der Waals surface area contributed by atoms with Crippen LogP contribution in [0.2, 0.25) is 0 Å². The molecule has 0 bridgehead atoms. The zero-order chi connectivity index (χ0) is 17.5. The van der Waals surface area contributed by atoms with Gasteiger partial charge in [-0.2, -0.15) is 0 Å². The molecule has 0 unspecified atom stereocenters. The third kappa shape index (κ3) is 8.91. The first-order valence-electron chi connectivity index (χ1n) is 7.70. The average Bonchev–Trinajstić information content (AvgIpc) is 2.40. The van der Waals surface area contributed by atoms with Gasteiger partial charge < -0.3 is 15.4 Å². The van der Waals surface area contributed by atoms with Gasteiger partial charge in [0.1, 0.15) is 5.60 Å². The second-order valence-electron chi connectivity index (χ2n) is 6.42. The van der Waals surface area contributed by atoms with Crippen LogP contribution in [0.25, 0.3) is 0 Å². The van der Waals surface area contributed by atoms with Gasteiger partial charge in [-0.25, -0.2) is 4.79 Å². The van der Waals surface area contributed by atoms with Crippen molar-refractivity contribution in [3.63, 3.8) is 0 Å². The van der Waals surface area contributed by atoms with E-state index >= 15 is 0 Å². The number of aryl methyl sites for hydroxylation is 1. The highest BCUT2D eigenvalue weighted by Crippen LogP contribution is 2.23. The molecule has 0 atom stereocenters. The fourth-order valence-electron chi connectivity index (χ4n) is 1.86. The third-order valence-corrected chi connectivity index (χ3v) is 3.89. The molecule has 0 saturated heterocycles. The lowest BCUT2D eigenvalue weighted by atomic mass is 10.2. The number of nitrogens with one attached hydrogen (secondary N) is 2. The lowest BCUT2D eigenvalue weighted by Crippen LogP contribution is -2.33. The van der Waals surface area contributed by atoms with Gasteiger partial charge in [0.15, 0.2) is 0 Å². The summed E-state index contributed by atoms with van der Waals surface area (Å²) >= 11 is 8.88. The van der Waals surface area contributed by atoms with Crippen molar-refractivity contribution in [2.75, 3.05) is 11.9 Å². The highest BCUT2D eigenvalue weighted by molar-refractivity contribution is 9.10. The summed E-state index contributed by atoms with van der Waals surface area (Å²) in [6.07, 6.45) is 2.18. The van der Waals surface area contributed by atoms with Crippen LogP contribution >= 0.6 is 28.1 Å². The maximum Gasteiger partial charge on any atom is 0.407 e. The third-order valence-electron chi connectivity index (χ3n) is 2.89. The number of alkyl carbamates (subject to hydrolysis) is 1. The van der Waals surface area contributed by atoms with E-state index in [-0.39, 0.29) is 6.09 Å². The molecule has 0 aliphatic heterocycles. The predicted molar refractivity (Wildman–Crippen MR) is 103 cm³/mol. The van der Waals surface area contributed by atoms with Crippen LogP contribution in [0.1, 0.15) is 45.6 Å². The molecule has 0 saturated carbocycles. The summed E-state index contributed by atoms with van der Waals surface area (Å²) in [4.78, 5) is 12.3. The van der Waals surface area contributed by atoms with Gasteiger partial charge in [-0.1, -0.05) is 18.3 Å². The summed E-state index contributed by atoms with van der Waals surface area (Å²) in [5.74, 6) is 0. The van der Waals surface area contributed by atoms with Gasteiger partial charge in [0.05, 0.1) is 10.7 Å². The Morgan fingerprint density at radius 2 is 2.00 bits per heavy atom. The highest BCUT2D eigenvalue weighted by Gasteiger charge is 2.15. The number of amides is 1. The lowest BCUT2D eigenvalue weighted by molar-refractivity contribution is 0.0527. The molecule has 0 aromatic heterocycles. The summed E-state index contributed by atoms with van der Waals surface area (Å²) in [5.41, 5.74) is 1.71. The lowest BCUT2D eigenvalue weighted by Gasteiger charge is -2.19. The Balaban J connectivity index is 2.22. The SMILES string of the molecule is Cc1ccc(Br)c(NC(=S)CCCCNC(=O)OC(C)(C)C)c1. The van der Waals surface area contributed by atoms with Gasteiger partial charge in [0.2, 0.25) is 0 Å². The Hall–Kier alpha value is -1.14. The van der Waals surface area contributed by atoms with Crippen molar-refractivity contribution in [1.29, 1.82) is 0 Å². The van der Waals surface area contributed by atoms with E-state index in [9.17, 15) is 4.79 Å². The van der Waals surface area contributed by atoms with Crippen LogP contribution in [0.15, 0.2) is 22.7 Å². The molecule has 23 heavy (non-hydrogen) atoms. The van der Waals surface area contributed by atoms with Gasteiger partial charge in [0, 0.05) is 11.0 Å². The Morgan fingerprint density at radius 1 is 1.30 bits per heavy atom. The van der Waals surface area contributed by atoms with Gasteiger partial charge in [-0.3, -0.25) is 0 Å². The Labute approximate surface area is 152 Å². The van der Waals surface area contributed by atoms with E-state index in [1.54, 1.807) is 0 Å². The number of thiocarbonyl (C=S) groups is 1. The molecular formula is C17H25BrN2O2S. The first-order chi connectivity index (χ1) is 10.7. The minimum Gasteiger partial charge on any atom is -0.444 e. The first-order valence-corrected chi connectivity index (χ1v) is 8.90. The zero-order valence-electron chi connectivity index (χ0n) is 14.2. The van der Waals surface area contributed by atoms with E-state index in [4.69, 9.17) is 17.0 Å². The minimum atomic E-state index is -0.462. The van der Waals surface area contributed by atoms with E-state index in [0.717, 1.165) is 34.4 Å². The summed E-state index contributed by atoms with van der Waals surface area (Å²) < 4.78 is 6.17. The van der Waals surface area contributed by atoms with E-state index in [1.807, 2.05) is 39.8 Å². The smallest absolute Gasteiger partial charge is 0.407 e. The van der Waals surface area contributed by atoms with Crippen LogP contribution in [0.3, 0.4) is 0 Å². The minimum absolute atomic E-state index is 0.373. The van der Waals surface area contributed by atoms with Crippen molar-refractivity contribution >= 4 is 44.9 Å². The summed E-state index contributed by atoms with van der Waals surface area (Å²) in [7, 11) is 0. The van der Waals surface area contributed by atoms with Gasteiger partial charge >= 0.3 is 6.09 Å². The fourth-order valence-corrected chi connectivity index (χ4v) is 2.46. The number of anilines is 1. The van der Waals surface area contributed by atoms with Crippen LogP contribution < -0.4 is 10.6 Å². The number of halogens is 1. The summed E-state index contributed by atoms with van der Waals surface area (Å²) in [5, 5.41) is 6.00. The van der Waals surface area contributed by atoms with Gasteiger partial charge in [-0.15, -0.1) is 0 Å². The molecule has 0 heterocycles. The monoisotopic (exact) mass is 400 g/mol. The standard InChI is InChI=1S/C17H25BrN2O2S/c1-12-8-9-13(18)14(11-12)20-15(23)7-5-6-10-19-16(21)22-17(2,3)4/h8-9,11H,5-7,10H2,1-4H3,(H,19,21)(H,20,23). The van der Waals surface area contributed by atoms with Crippen molar-refractivity contribution in [2.24, 2.45) is 0 Å². The van der Waals surface area contributed by atoms with E-state index in [1.165, 1.54) is 5.56 Å². The van der Waals surface area contributed by atoms with Crippen LogP contribution in [-0.4, -0.2) is 23.2 Å². The summed E-state index contributed by atoms with van der Waals surface area (Å²) in [6.45, 7) is 8.18. The number of hydrogen-bond acceptors (Lipinski definition) is 3. The van der Waals surface area contributed by atoms with Crippen LogP contribution in [-0.2, 0) is 4.74 Å². The molecule has 1 amide bonds. The number of hydrogen-bond donors (Lipinski definition) is 2. The average molecular weight is 401 g/mol. The molecule has 1 rings (SSSR count). The Morgan fingerprint density at radius 3 is 2.65 bits per heavy atom. The van der Waals surface area contributed by atoms with E-state index < -0.39 is 5.60 Å². The van der Waals surface area contributed by atoms with Crippen molar-refractivity contribution in [3.8, 4) is 0 Å². The zero-order valence-corrected chi connectivity index (χ0v) is 16.6. The molecule has 0 aliphatic carbocycles. The molecule has 0 spiro atoms. The van der Waals surface area contributed by atoms with E-state index in [2.05, 4.69) is 32.6 Å². The fraction of sp³-hybridized carbons (Fsp3) is 0.529. The first kappa shape index (κ1) is 19.9. The molecule has 128 valence electrons. The van der Waals surface area contributed by atoms with Crippen molar-refractivity contribution in [3.05, 3.63) is 28.2 Å². The molecule has 6 heteroatoms.